The topological polar surface area (TPSA) is 48.0 Å². The first-order chi connectivity index (χ1) is 12.4. The van der Waals surface area contributed by atoms with E-state index < -0.39 is 17.6 Å². The quantitative estimate of drug-likeness (QED) is 0.550. The van der Waals surface area contributed by atoms with Gasteiger partial charge < -0.3 is 10.3 Å². The summed E-state index contributed by atoms with van der Waals surface area (Å²) in [7, 11) is 0. The molecule has 0 saturated carbocycles. The van der Waals surface area contributed by atoms with Crippen LogP contribution in [-0.2, 0) is 12.7 Å². The third-order valence-corrected chi connectivity index (χ3v) is 5.04. The van der Waals surface area contributed by atoms with E-state index in [1.54, 1.807) is 22.8 Å². The maximum atomic E-state index is 13.2. The van der Waals surface area contributed by atoms with Crippen molar-refractivity contribution in [3.8, 4) is 0 Å². The van der Waals surface area contributed by atoms with Crippen LogP contribution in [0.25, 0.3) is 21.8 Å². The Balaban J connectivity index is 2.09. The van der Waals surface area contributed by atoms with Crippen LogP contribution in [0.5, 0.6) is 0 Å². The molecule has 0 aliphatic carbocycles. The van der Waals surface area contributed by atoms with Crippen molar-refractivity contribution in [1.29, 1.82) is 0 Å². The molecule has 0 unspecified atom stereocenters. The average Bonchev–Trinajstić information content (AvgIpc) is 3.21. The molecule has 0 aliphatic rings. The van der Waals surface area contributed by atoms with E-state index in [9.17, 15) is 18.0 Å². The number of nitrogens with two attached hydrogens (primary N) is 1. The highest BCUT2D eigenvalue weighted by Gasteiger charge is 2.31. The van der Waals surface area contributed by atoms with Crippen LogP contribution in [0.2, 0.25) is 0 Å². The van der Waals surface area contributed by atoms with Gasteiger partial charge in [0.15, 0.2) is 0 Å². The van der Waals surface area contributed by atoms with Gasteiger partial charge in [0, 0.05) is 22.9 Å². The molecule has 0 saturated heterocycles. The number of benzene rings is 2. The van der Waals surface area contributed by atoms with Crippen LogP contribution in [0.15, 0.2) is 47.2 Å². The highest BCUT2D eigenvalue weighted by atomic mass is 32.1. The van der Waals surface area contributed by atoms with Crippen molar-refractivity contribution in [3.05, 3.63) is 69.9 Å². The lowest BCUT2D eigenvalue weighted by Crippen LogP contribution is -2.11. The summed E-state index contributed by atoms with van der Waals surface area (Å²) in [5, 5.41) is 4.83. The van der Waals surface area contributed by atoms with Crippen LogP contribution < -0.4 is 5.73 Å². The van der Waals surface area contributed by atoms with Crippen LogP contribution in [0.1, 0.15) is 21.5 Å². The van der Waals surface area contributed by atoms with Crippen LogP contribution in [0, 0.1) is 6.07 Å². The highest BCUT2D eigenvalue weighted by molar-refractivity contribution is 7.07. The summed E-state index contributed by atoms with van der Waals surface area (Å²) in [4.78, 5) is 11.8. The summed E-state index contributed by atoms with van der Waals surface area (Å²) >= 11 is 1.51. The van der Waals surface area contributed by atoms with Crippen LogP contribution in [0.4, 0.5) is 13.2 Å². The Hall–Kier alpha value is -2.80. The Bertz CT molecular complexity index is 1130. The zero-order valence-electron chi connectivity index (χ0n) is 13.3. The molecule has 2 N–H and O–H groups in total. The van der Waals surface area contributed by atoms with Gasteiger partial charge in [0.25, 0.3) is 0 Å². The van der Waals surface area contributed by atoms with Crippen molar-refractivity contribution in [2.24, 2.45) is 5.73 Å². The first-order valence-electron chi connectivity index (χ1n) is 7.71. The lowest BCUT2D eigenvalue weighted by molar-refractivity contribution is -0.137. The number of rotatable bonds is 3. The average molecular weight is 373 g/mol. The van der Waals surface area contributed by atoms with E-state index in [1.165, 1.54) is 11.3 Å². The summed E-state index contributed by atoms with van der Waals surface area (Å²) in [5.41, 5.74) is 6.96. The molecule has 131 valence electrons. The first kappa shape index (κ1) is 16.7. The second-order valence-electron chi connectivity index (χ2n) is 5.93. The van der Waals surface area contributed by atoms with Gasteiger partial charge in [0.2, 0.25) is 5.91 Å². The van der Waals surface area contributed by atoms with Crippen molar-refractivity contribution in [1.82, 2.24) is 4.57 Å². The van der Waals surface area contributed by atoms with Crippen LogP contribution in [-0.4, -0.2) is 10.5 Å². The molecule has 2 aromatic carbocycles. The number of thiophene rings is 1. The van der Waals surface area contributed by atoms with Crippen molar-refractivity contribution in [2.75, 3.05) is 0 Å². The molecule has 0 fully saturated rings. The minimum Gasteiger partial charge on any atom is -0.366 e. The molecule has 4 aromatic rings. The number of carbonyl (C=O) groups excluding carboxylic acids is 1. The zero-order valence-corrected chi connectivity index (χ0v) is 14.1. The number of hydrogen-bond acceptors (Lipinski definition) is 2. The molecule has 2 aromatic heterocycles. The normalized spacial score (nSPS) is 12.1. The smallest absolute Gasteiger partial charge is 0.366 e. The second-order valence-corrected chi connectivity index (χ2v) is 6.71. The maximum absolute atomic E-state index is 13.2. The van der Waals surface area contributed by atoms with Crippen molar-refractivity contribution in [3.63, 3.8) is 0 Å². The largest absolute Gasteiger partial charge is 0.416 e. The number of alkyl halides is 3. The van der Waals surface area contributed by atoms with Gasteiger partial charge in [-0.05, 0) is 52.7 Å². The van der Waals surface area contributed by atoms with Crippen molar-refractivity contribution >= 4 is 39.0 Å². The van der Waals surface area contributed by atoms with Crippen molar-refractivity contribution < 1.29 is 18.0 Å². The third-order valence-electron chi connectivity index (χ3n) is 4.31. The van der Waals surface area contributed by atoms with E-state index in [2.05, 4.69) is 6.07 Å². The molecule has 0 aliphatic heterocycles. The summed E-state index contributed by atoms with van der Waals surface area (Å²) < 4.78 is 41.3. The monoisotopic (exact) mass is 373 g/mol. The van der Waals surface area contributed by atoms with Gasteiger partial charge in [-0.25, -0.2) is 0 Å². The van der Waals surface area contributed by atoms with Gasteiger partial charge in [-0.1, -0.05) is 6.07 Å². The standard InChI is InChI=1S/C19H12F3N2OS/c20-19(21,22)12-4-5-13-16(8-12)24(9-11-6-7-26-10-11)15-3-1-2-14(17(13)15)18(23)25/h1-4,6-8,10H,9H2,(H2,23,25). The molecule has 4 rings (SSSR count). The van der Waals surface area contributed by atoms with Crippen LogP contribution in [0.3, 0.4) is 0 Å². The number of carbonyl (C=O) groups is 1. The SMILES string of the molecule is NC(=O)c1cccc2c1c1[c]cc(C(F)(F)F)cc1n2Cc1ccsc1. The maximum Gasteiger partial charge on any atom is 0.416 e. The minimum atomic E-state index is -4.47. The Morgan fingerprint density at radius 2 is 2.04 bits per heavy atom. The molecule has 7 heteroatoms. The van der Waals surface area contributed by atoms with E-state index in [-0.39, 0.29) is 5.56 Å². The predicted molar refractivity (Wildman–Crippen MR) is 95.2 cm³/mol. The van der Waals surface area contributed by atoms with Gasteiger partial charge in [-0.2, -0.15) is 24.5 Å². The molecule has 0 bridgehead atoms. The van der Waals surface area contributed by atoms with Crippen LogP contribution >= 0.6 is 11.3 Å². The molecule has 2 heterocycles. The molecular formula is C19H12F3N2OS. The fourth-order valence-electron chi connectivity index (χ4n) is 3.16. The highest BCUT2D eigenvalue weighted by Crippen LogP contribution is 2.36. The van der Waals surface area contributed by atoms with E-state index in [4.69, 9.17) is 5.73 Å². The Labute approximate surface area is 150 Å². The van der Waals surface area contributed by atoms with Gasteiger partial charge >= 0.3 is 6.18 Å². The summed E-state index contributed by atoms with van der Waals surface area (Å²) in [6.45, 7) is 0.390. The lowest BCUT2D eigenvalue weighted by Gasteiger charge is -2.09. The van der Waals surface area contributed by atoms with Gasteiger partial charge in [0.1, 0.15) is 0 Å². The lowest BCUT2D eigenvalue weighted by atomic mass is 10.0. The van der Waals surface area contributed by atoms with Crippen molar-refractivity contribution in [2.45, 2.75) is 12.7 Å². The second kappa shape index (κ2) is 5.88. The zero-order chi connectivity index (χ0) is 18.5. The molecule has 1 amide bonds. The van der Waals surface area contributed by atoms with E-state index >= 15 is 0 Å². The van der Waals surface area contributed by atoms with E-state index in [1.807, 2.05) is 16.8 Å². The summed E-state index contributed by atoms with van der Waals surface area (Å²) in [6, 6.07) is 11.7. The Morgan fingerprint density at radius 1 is 1.23 bits per heavy atom. The summed E-state index contributed by atoms with van der Waals surface area (Å²) in [6.07, 6.45) is -4.47. The fourth-order valence-corrected chi connectivity index (χ4v) is 3.82. The number of halogens is 3. The molecule has 26 heavy (non-hydrogen) atoms. The van der Waals surface area contributed by atoms with Gasteiger partial charge in [-0.15, -0.1) is 0 Å². The molecular weight excluding hydrogens is 361 g/mol. The number of hydrogen-bond donors (Lipinski definition) is 1. The molecule has 1 radical (unpaired) electrons. The molecule has 3 nitrogen and oxygen atoms in total. The van der Waals surface area contributed by atoms with E-state index in [0.29, 0.717) is 28.4 Å². The van der Waals surface area contributed by atoms with Gasteiger partial charge in [0.05, 0.1) is 16.6 Å². The number of nitrogens with zero attached hydrogens (tertiary/aromatic N) is 1. The van der Waals surface area contributed by atoms with Gasteiger partial charge in [-0.3, -0.25) is 4.79 Å². The minimum absolute atomic E-state index is 0.271. The number of fused-ring (bicyclic) bond motifs is 3. The molecule has 0 spiro atoms. The summed E-state index contributed by atoms with van der Waals surface area (Å²) in [5.74, 6) is -0.626. The predicted octanol–water partition coefficient (Wildman–Crippen LogP) is 4.82. The third kappa shape index (κ3) is 2.64. The Kier molecular flexibility index (Phi) is 3.77. The first-order valence-corrected chi connectivity index (χ1v) is 8.65. The number of primary amides is 1. The fraction of sp³-hybridized carbons (Fsp3) is 0.105. The number of amides is 1. The number of aromatic nitrogens is 1. The van der Waals surface area contributed by atoms with E-state index in [0.717, 1.165) is 17.7 Å². The Morgan fingerprint density at radius 3 is 2.69 bits per heavy atom. The molecule has 0 atom stereocenters.